The first-order valence-corrected chi connectivity index (χ1v) is 9.80. The van der Waals surface area contributed by atoms with E-state index in [2.05, 4.69) is 30.7 Å². The molecule has 3 rings (SSSR count). The van der Waals surface area contributed by atoms with Crippen LogP contribution in [0.1, 0.15) is 38.3 Å². The molecule has 6 heteroatoms. The van der Waals surface area contributed by atoms with Crippen molar-refractivity contribution in [2.45, 2.75) is 45.2 Å². The number of nitrogens with zero attached hydrogens (tertiary/aromatic N) is 1. The van der Waals surface area contributed by atoms with Crippen LogP contribution in [-0.4, -0.2) is 11.3 Å². The van der Waals surface area contributed by atoms with Crippen LogP contribution in [0.5, 0.6) is 5.75 Å². The van der Waals surface area contributed by atoms with Gasteiger partial charge in [-0.2, -0.15) is 0 Å². The van der Waals surface area contributed by atoms with Crippen LogP contribution in [0.2, 0.25) is 0 Å². The van der Waals surface area contributed by atoms with E-state index in [-0.39, 0.29) is 32.1 Å². The van der Waals surface area contributed by atoms with Gasteiger partial charge in [0.1, 0.15) is 11.2 Å². The number of hydrogen-bond donors (Lipinski definition) is 2. The molecule has 0 radical (unpaired) electrons. The Kier molecular flexibility index (Phi) is 9.73. The second-order valence-electron chi connectivity index (χ2n) is 6.06. The van der Waals surface area contributed by atoms with E-state index in [0.717, 1.165) is 23.6 Å². The van der Waals surface area contributed by atoms with Crippen LogP contribution in [-0.2, 0) is 26.6 Å². The number of thioether (sulfide) groups is 1. The van der Waals surface area contributed by atoms with Crippen LogP contribution in [0.15, 0.2) is 48.5 Å². The van der Waals surface area contributed by atoms with E-state index in [9.17, 15) is 0 Å². The van der Waals surface area contributed by atoms with E-state index in [1.807, 2.05) is 56.3 Å². The molecule has 2 atom stereocenters. The van der Waals surface area contributed by atoms with Gasteiger partial charge in [-0.3, -0.25) is 5.32 Å². The van der Waals surface area contributed by atoms with E-state index in [4.69, 9.17) is 10.6 Å². The molecule has 3 N–H and O–H groups in total. The zero-order valence-electron chi connectivity index (χ0n) is 15.9. The molecule has 1 fully saturated rings. The molecule has 1 aliphatic heterocycles. The maximum absolute atomic E-state index is 6.03. The third kappa shape index (κ3) is 6.31. The molecule has 0 aromatic heterocycles. The molecule has 0 spiro atoms. The normalized spacial score (nSPS) is 21.7. The van der Waals surface area contributed by atoms with Gasteiger partial charge in [0.2, 0.25) is 0 Å². The van der Waals surface area contributed by atoms with Gasteiger partial charge in [-0.1, -0.05) is 55.8 Å². The Hall–Kier alpha value is -1.00. The Labute approximate surface area is 175 Å². The minimum Gasteiger partial charge on any atom is -0.557 e. The van der Waals surface area contributed by atoms with Crippen molar-refractivity contribution < 1.29 is 25.9 Å². The van der Waals surface area contributed by atoms with E-state index < -0.39 is 0 Å². The van der Waals surface area contributed by atoms with Gasteiger partial charge in [0, 0.05) is 26.6 Å². The minimum atomic E-state index is -0.131. The fourth-order valence-electron chi connectivity index (χ4n) is 2.65. The SMILES string of the molecule is CC.Cc1ccc([N-]Oc2cccc(C3(C)CCSC(N)N3)c2)cc1.[W]. The third-order valence-corrected chi connectivity index (χ3v) is 5.04. The van der Waals surface area contributed by atoms with E-state index in [0.29, 0.717) is 0 Å². The number of benzene rings is 2. The maximum atomic E-state index is 6.03. The summed E-state index contributed by atoms with van der Waals surface area (Å²) in [4.78, 5) is 5.60. The monoisotopic (exact) mass is 542 g/mol. The maximum Gasteiger partial charge on any atom is 0.106 e. The van der Waals surface area contributed by atoms with Crippen molar-refractivity contribution in [2.24, 2.45) is 5.73 Å². The second kappa shape index (κ2) is 11.0. The molecule has 2 unspecified atom stereocenters. The van der Waals surface area contributed by atoms with E-state index in [1.165, 1.54) is 11.1 Å². The van der Waals surface area contributed by atoms with Crippen molar-refractivity contribution in [2.75, 3.05) is 5.75 Å². The first kappa shape index (κ1) is 23.0. The van der Waals surface area contributed by atoms with Crippen molar-refractivity contribution in [1.29, 1.82) is 0 Å². The Morgan fingerprint density at radius 2 is 1.88 bits per heavy atom. The largest absolute Gasteiger partial charge is 0.557 e. The van der Waals surface area contributed by atoms with Crippen LogP contribution in [0.25, 0.3) is 5.48 Å². The molecule has 0 bridgehead atoms. The van der Waals surface area contributed by atoms with Crippen molar-refractivity contribution >= 4 is 17.4 Å². The first-order chi connectivity index (χ1) is 12.0. The summed E-state index contributed by atoms with van der Waals surface area (Å²) in [6.45, 7) is 8.23. The summed E-state index contributed by atoms with van der Waals surface area (Å²) in [5.41, 5.74) is 13.2. The summed E-state index contributed by atoms with van der Waals surface area (Å²) in [5, 5.41) is 3.47. The molecular formula is C20H28N3OSW-. The summed E-state index contributed by atoms with van der Waals surface area (Å²) < 4.78 is 0. The summed E-state index contributed by atoms with van der Waals surface area (Å²) in [5.74, 6) is 1.78. The van der Waals surface area contributed by atoms with Crippen LogP contribution in [0.4, 0.5) is 5.69 Å². The Morgan fingerprint density at radius 1 is 1.19 bits per heavy atom. The van der Waals surface area contributed by atoms with Gasteiger partial charge in [0.25, 0.3) is 0 Å². The summed E-state index contributed by atoms with van der Waals surface area (Å²) in [7, 11) is 0. The fraction of sp³-hybridized carbons (Fsp3) is 0.400. The van der Waals surface area contributed by atoms with Crippen molar-refractivity contribution in [3.05, 3.63) is 65.1 Å². The summed E-state index contributed by atoms with van der Waals surface area (Å²) >= 11 is 1.74. The van der Waals surface area contributed by atoms with Crippen LogP contribution >= 0.6 is 11.8 Å². The van der Waals surface area contributed by atoms with Crippen molar-refractivity contribution in [3.8, 4) is 5.75 Å². The van der Waals surface area contributed by atoms with Gasteiger partial charge in [0.15, 0.2) is 0 Å². The molecule has 2 aromatic carbocycles. The quantitative estimate of drug-likeness (QED) is 0.522. The Morgan fingerprint density at radius 3 is 2.54 bits per heavy atom. The van der Waals surface area contributed by atoms with Gasteiger partial charge >= 0.3 is 0 Å². The number of hydrogen-bond acceptors (Lipinski definition) is 4. The van der Waals surface area contributed by atoms with E-state index in [1.54, 1.807) is 11.8 Å². The van der Waals surface area contributed by atoms with Gasteiger partial charge in [0.05, 0.1) is 0 Å². The fourth-order valence-corrected chi connectivity index (χ4v) is 3.78. The number of rotatable bonds is 4. The topological polar surface area (TPSA) is 61.4 Å². The summed E-state index contributed by atoms with van der Waals surface area (Å²) in [6.07, 6.45) is 1.03. The average molecular weight is 542 g/mol. The molecule has 0 saturated carbocycles. The van der Waals surface area contributed by atoms with Gasteiger partial charge in [-0.15, -0.1) is 17.4 Å². The zero-order chi connectivity index (χ0) is 18.3. The standard InChI is InChI=1S/C18H22N3OS.C2H6.W/c1-13-6-8-15(9-7-13)21-22-16-5-3-4-14(12-16)18(2)10-11-23-17(19)20-18;1-2;/h3-9,12,17,20H,10-11,19H2,1-2H3;1-2H3;/q-1;;. The zero-order valence-corrected chi connectivity index (χ0v) is 19.6. The molecule has 1 aliphatic rings. The van der Waals surface area contributed by atoms with Gasteiger partial charge in [-0.05, 0) is 43.7 Å². The molecule has 0 amide bonds. The Balaban J connectivity index is 0.00000109. The predicted molar refractivity (Wildman–Crippen MR) is 108 cm³/mol. The number of nitrogens with one attached hydrogen (secondary N) is 1. The third-order valence-electron chi connectivity index (χ3n) is 4.12. The smallest absolute Gasteiger partial charge is 0.106 e. The molecule has 26 heavy (non-hydrogen) atoms. The first-order valence-electron chi connectivity index (χ1n) is 8.75. The van der Waals surface area contributed by atoms with Crippen LogP contribution < -0.4 is 15.9 Å². The molecule has 1 heterocycles. The molecule has 142 valence electrons. The summed E-state index contributed by atoms with van der Waals surface area (Å²) in [6, 6.07) is 16.0. The van der Waals surface area contributed by atoms with Crippen LogP contribution in [0, 0.1) is 6.92 Å². The molecular weight excluding hydrogens is 514 g/mol. The van der Waals surface area contributed by atoms with E-state index >= 15 is 0 Å². The van der Waals surface area contributed by atoms with Gasteiger partial charge < -0.3 is 16.1 Å². The predicted octanol–water partition coefficient (Wildman–Crippen LogP) is 5.20. The molecule has 1 saturated heterocycles. The molecule has 4 nitrogen and oxygen atoms in total. The average Bonchev–Trinajstić information content (AvgIpc) is 2.63. The van der Waals surface area contributed by atoms with Crippen molar-refractivity contribution in [3.63, 3.8) is 0 Å². The Bertz CT molecular complexity index is 668. The van der Waals surface area contributed by atoms with Gasteiger partial charge in [-0.25, -0.2) is 0 Å². The van der Waals surface area contributed by atoms with Crippen molar-refractivity contribution in [1.82, 2.24) is 5.32 Å². The molecule has 0 aliphatic carbocycles. The molecule has 2 aromatic rings. The van der Waals surface area contributed by atoms with Crippen LogP contribution in [0.3, 0.4) is 0 Å². The second-order valence-corrected chi connectivity index (χ2v) is 7.31. The number of aryl methyl sites for hydroxylation is 1. The minimum absolute atomic E-state index is 0. The number of nitrogens with two attached hydrogens (primary N) is 1.